The maximum absolute atomic E-state index is 12.4. The zero-order valence-corrected chi connectivity index (χ0v) is 19.0. The number of hydrogen-bond donors (Lipinski definition) is 3. The number of nitrogens with zero attached hydrogens (tertiary/aromatic N) is 2. The van der Waals surface area contributed by atoms with Crippen molar-refractivity contribution in [2.24, 2.45) is 5.16 Å². The SMILES string of the molecule is CCC(=O)N(CC)c1ccc(/C(COc2ccc(C(=O)O)c(O)c2)=N/O)cc1C(C)(C)C. The number of aromatic hydroxyl groups is 1. The highest BCUT2D eigenvalue weighted by molar-refractivity contribution is 6.02. The molecule has 0 spiro atoms. The van der Waals surface area contributed by atoms with Crippen molar-refractivity contribution in [2.75, 3.05) is 18.1 Å². The predicted octanol–water partition coefficient (Wildman–Crippen LogP) is 4.41. The largest absolute Gasteiger partial charge is 0.507 e. The molecule has 0 heterocycles. The Kier molecular flexibility index (Phi) is 7.86. The Hall–Kier alpha value is -3.55. The Morgan fingerprint density at radius 2 is 1.78 bits per heavy atom. The number of phenols is 1. The molecule has 0 fully saturated rings. The maximum Gasteiger partial charge on any atom is 0.339 e. The Morgan fingerprint density at radius 3 is 2.28 bits per heavy atom. The summed E-state index contributed by atoms with van der Waals surface area (Å²) in [4.78, 5) is 25.2. The van der Waals surface area contributed by atoms with E-state index in [0.29, 0.717) is 18.5 Å². The third kappa shape index (κ3) is 5.57. The van der Waals surface area contributed by atoms with Crippen LogP contribution < -0.4 is 9.64 Å². The summed E-state index contributed by atoms with van der Waals surface area (Å²) in [7, 11) is 0. The van der Waals surface area contributed by atoms with E-state index in [2.05, 4.69) is 5.16 Å². The number of aromatic carboxylic acids is 1. The molecule has 3 N–H and O–H groups in total. The first-order chi connectivity index (χ1) is 15.0. The molecule has 0 atom stereocenters. The lowest BCUT2D eigenvalue weighted by atomic mass is 9.84. The van der Waals surface area contributed by atoms with Crippen molar-refractivity contribution < 1.29 is 29.7 Å². The molecule has 0 aliphatic rings. The number of oxime groups is 1. The average molecular weight is 443 g/mol. The standard InChI is InChI=1S/C24H30N2O6/c1-6-22(28)26(7-2)20-11-8-15(12-18(20)24(3,4)5)19(25-31)14-32-16-9-10-17(23(29)30)21(27)13-16/h8-13,27,31H,6-7,14H2,1-5H3,(H,29,30)/b25-19+. The number of carboxylic acid groups (broad SMARTS) is 1. The quantitative estimate of drug-likeness (QED) is 0.316. The highest BCUT2D eigenvalue weighted by atomic mass is 16.5. The van der Waals surface area contributed by atoms with E-state index in [0.717, 1.165) is 11.3 Å². The number of carboxylic acids is 1. The average Bonchev–Trinajstić information content (AvgIpc) is 2.74. The zero-order valence-electron chi connectivity index (χ0n) is 19.0. The normalized spacial score (nSPS) is 11.8. The van der Waals surface area contributed by atoms with E-state index in [4.69, 9.17) is 9.84 Å². The fourth-order valence-electron chi connectivity index (χ4n) is 3.33. The van der Waals surface area contributed by atoms with Gasteiger partial charge in [0.05, 0.1) is 0 Å². The van der Waals surface area contributed by atoms with Crippen LogP contribution in [0.15, 0.2) is 41.6 Å². The van der Waals surface area contributed by atoms with Crippen LogP contribution in [0.5, 0.6) is 11.5 Å². The van der Waals surface area contributed by atoms with E-state index in [1.165, 1.54) is 18.2 Å². The molecule has 0 aromatic heterocycles. The van der Waals surface area contributed by atoms with Crippen molar-refractivity contribution in [1.29, 1.82) is 0 Å². The molecule has 8 nitrogen and oxygen atoms in total. The second-order valence-corrected chi connectivity index (χ2v) is 8.29. The number of rotatable bonds is 8. The number of carbonyl (C=O) groups excluding carboxylic acids is 1. The fraction of sp³-hybridized carbons (Fsp3) is 0.375. The second-order valence-electron chi connectivity index (χ2n) is 8.29. The molecule has 2 aromatic carbocycles. The van der Waals surface area contributed by atoms with Gasteiger partial charge in [0.15, 0.2) is 0 Å². The van der Waals surface area contributed by atoms with Crippen LogP contribution in [-0.4, -0.2) is 46.2 Å². The van der Waals surface area contributed by atoms with Gasteiger partial charge in [-0.15, -0.1) is 0 Å². The molecule has 0 aliphatic carbocycles. The monoisotopic (exact) mass is 442 g/mol. The number of benzene rings is 2. The van der Waals surface area contributed by atoms with Gasteiger partial charge in [0.1, 0.15) is 29.4 Å². The van der Waals surface area contributed by atoms with Crippen LogP contribution in [0.25, 0.3) is 0 Å². The third-order valence-corrected chi connectivity index (χ3v) is 5.04. The first-order valence-corrected chi connectivity index (χ1v) is 10.4. The molecule has 0 radical (unpaired) electrons. The van der Waals surface area contributed by atoms with Crippen LogP contribution in [0.2, 0.25) is 0 Å². The van der Waals surface area contributed by atoms with Gasteiger partial charge in [-0.25, -0.2) is 4.79 Å². The summed E-state index contributed by atoms with van der Waals surface area (Å²) in [5, 5.41) is 31.8. The van der Waals surface area contributed by atoms with E-state index in [-0.39, 0.29) is 35.0 Å². The lowest BCUT2D eigenvalue weighted by molar-refractivity contribution is -0.118. The third-order valence-electron chi connectivity index (χ3n) is 5.04. The van der Waals surface area contributed by atoms with Gasteiger partial charge in [0, 0.05) is 30.3 Å². The van der Waals surface area contributed by atoms with Crippen molar-refractivity contribution in [1.82, 2.24) is 0 Å². The summed E-state index contributed by atoms with van der Waals surface area (Å²) in [5.74, 6) is -1.41. The van der Waals surface area contributed by atoms with Crippen molar-refractivity contribution in [3.63, 3.8) is 0 Å². The van der Waals surface area contributed by atoms with E-state index >= 15 is 0 Å². The fourth-order valence-corrected chi connectivity index (χ4v) is 3.33. The highest BCUT2D eigenvalue weighted by Crippen LogP contribution is 2.34. The van der Waals surface area contributed by atoms with Crippen molar-refractivity contribution in [2.45, 2.75) is 46.5 Å². The van der Waals surface area contributed by atoms with Crippen LogP contribution >= 0.6 is 0 Å². The number of amides is 1. The lowest BCUT2D eigenvalue weighted by Crippen LogP contribution is -2.32. The molecule has 2 aromatic rings. The van der Waals surface area contributed by atoms with E-state index in [1.54, 1.807) is 11.0 Å². The van der Waals surface area contributed by atoms with Crippen LogP contribution in [-0.2, 0) is 10.2 Å². The number of hydrogen-bond acceptors (Lipinski definition) is 6. The summed E-state index contributed by atoms with van der Waals surface area (Å²) < 4.78 is 5.60. The number of ether oxygens (including phenoxy) is 1. The van der Waals surface area contributed by atoms with Crippen molar-refractivity contribution in [3.8, 4) is 11.5 Å². The van der Waals surface area contributed by atoms with Crippen LogP contribution in [0, 0.1) is 0 Å². The Labute approximate surface area is 187 Å². The van der Waals surface area contributed by atoms with Gasteiger partial charge >= 0.3 is 5.97 Å². The molecule has 0 unspecified atom stereocenters. The van der Waals surface area contributed by atoms with Crippen molar-refractivity contribution >= 4 is 23.3 Å². The highest BCUT2D eigenvalue weighted by Gasteiger charge is 2.24. The minimum absolute atomic E-state index is 0.0229. The van der Waals surface area contributed by atoms with Gasteiger partial charge in [-0.3, -0.25) is 4.79 Å². The molecule has 1 amide bonds. The molecule has 172 valence electrons. The number of carbonyl (C=O) groups is 2. The van der Waals surface area contributed by atoms with Crippen LogP contribution in [0.1, 0.15) is 62.5 Å². The van der Waals surface area contributed by atoms with Crippen LogP contribution in [0.4, 0.5) is 5.69 Å². The van der Waals surface area contributed by atoms with E-state index < -0.39 is 11.7 Å². The summed E-state index contributed by atoms with van der Waals surface area (Å²) in [6, 6.07) is 9.32. The summed E-state index contributed by atoms with van der Waals surface area (Å²) in [5.41, 5.74) is 2.07. The Bertz CT molecular complexity index is 1020. The zero-order chi connectivity index (χ0) is 24.1. The predicted molar refractivity (Wildman–Crippen MR) is 122 cm³/mol. The van der Waals surface area contributed by atoms with Crippen LogP contribution in [0.3, 0.4) is 0 Å². The molecule has 0 aliphatic heterocycles. The summed E-state index contributed by atoms with van der Waals surface area (Å²) >= 11 is 0. The molecule has 32 heavy (non-hydrogen) atoms. The summed E-state index contributed by atoms with van der Waals surface area (Å²) in [6.07, 6.45) is 0.393. The van der Waals surface area contributed by atoms with Gasteiger partial charge < -0.3 is 25.1 Å². The molecule has 0 saturated heterocycles. The Morgan fingerprint density at radius 1 is 1.09 bits per heavy atom. The van der Waals surface area contributed by atoms with Gasteiger partial charge in [-0.05, 0) is 42.2 Å². The Balaban J connectivity index is 2.35. The maximum atomic E-state index is 12.4. The molecule has 2 rings (SSSR count). The minimum atomic E-state index is -1.25. The molecule has 0 saturated carbocycles. The number of anilines is 1. The van der Waals surface area contributed by atoms with Gasteiger partial charge in [0.25, 0.3) is 0 Å². The minimum Gasteiger partial charge on any atom is -0.507 e. The summed E-state index contributed by atoms with van der Waals surface area (Å²) in [6.45, 7) is 10.3. The smallest absolute Gasteiger partial charge is 0.339 e. The molecular weight excluding hydrogens is 412 g/mol. The van der Waals surface area contributed by atoms with Crippen molar-refractivity contribution in [3.05, 3.63) is 53.1 Å². The second kappa shape index (κ2) is 10.2. The topological polar surface area (TPSA) is 120 Å². The molecule has 8 heteroatoms. The molecular formula is C24H30N2O6. The molecule has 0 bridgehead atoms. The van der Waals surface area contributed by atoms with Gasteiger partial charge in [-0.1, -0.05) is 38.9 Å². The van der Waals surface area contributed by atoms with Gasteiger partial charge in [0.2, 0.25) is 5.91 Å². The van der Waals surface area contributed by atoms with E-state index in [1.807, 2.05) is 46.8 Å². The first kappa shape index (κ1) is 24.7. The van der Waals surface area contributed by atoms with E-state index in [9.17, 15) is 19.9 Å². The van der Waals surface area contributed by atoms with Gasteiger partial charge in [-0.2, -0.15) is 0 Å². The first-order valence-electron chi connectivity index (χ1n) is 10.4. The lowest BCUT2D eigenvalue weighted by Gasteiger charge is -2.30.